The van der Waals surface area contributed by atoms with Crippen molar-refractivity contribution < 1.29 is 18.0 Å². The number of aryl methyl sites for hydroxylation is 1. The van der Waals surface area contributed by atoms with Crippen LogP contribution in [0.3, 0.4) is 0 Å². The molecule has 5 nitrogen and oxygen atoms in total. The number of carbonyl (C=O) groups excluding carboxylic acids is 1. The van der Waals surface area contributed by atoms with Gasteiger partial charge in [-0.3, -0.25) is 4.79 Å². The van der Waals surface area contributed by atoms with Crippen LogP contribution in [-0.4, -0.2) is 38.7 Å². The van der Waals surface area contributed by atoms with Crippen LogP contribution < -0.4 is 0 Å². The summed E-state index contributed by atoms with van der Waals surface area (Å²) >= 11 is 0. The predicted octanol–water partition coefficient (Wildman–Crippen LogP) is 3.13. The Morgan fingerprint density at radius 1 is 1.17 bits per heavy atom. The number of rotatable bonds is 2. The molecule has 1 aliphatic rings. The van der Waals surface area contributed by atoms with E-state index in [4.69, 9.17) is 0 Å². The first-order valence-electron chi connectivity index (χ1n) is 7.74. The van der Waals surface area contributed by atoms with Crippen molar-refractivity contribution in [2.75, 3.05) is 13.1 Å². The lowest BCUT2D eigenvalue weighted by Crippen LogP contribution is -2.35. The van der Waals surface area contributed by atoms with Crippen LogP contribution in [0.1, 0.15) is 35.4 Å². The highest BCUT2D eigenvalue weighted by Crippen LogP contribution is 2.29. The quantitative estimate of drug-likeness (QED) is 0.845. The van der Waals surface area contributed by atoms with E-state index in [1.807, 2.05) is 0 Å². The van der Waals surface area contributed by atoms with E-state index in [2.05, 4.69) is 10.1 Å². The van der Waals surface area contributed by atoms with Crippen LogP contribution in [0.15, 0.2) is 24.3 Å². The molecule has 1 aromatic carbocycles. The van der Waals surface area contributed by atoms with Crippen molar-refractivity contribution in [3.8, 4) is 11.4 Å². The standard InChI is InChI=1S/C16H17F3N4O/c1-22-15(16(17,18)19)20-13(21-22)11-6-5-7-12(10-11)14(24)23-8-3-2-4-9-23/h5-7,10H,2-4,8-9H2,1H3. The maximum absolute atomic E-state index is 12.8. The molecule has 0 saturated carbocycles. The van der Waals surface area contributed by atoms with E-state index in [1.54, 1.807) is 29.2 Å². The number of hydrogen-bond donors (Lipinski definition) is 0. The largest absolute Gasteiger partial charge is 0.451 e. The summed E-state index contributed by atoms with van der Waals surface area (Å²) in [6.07, 6.45) is -1.51. The van der Waals surface area contributed by atoms with Crippen molar-refractivity contribution >= 4 is 5.91 Å². The third kappa shape index (κ3) is 3.27. The van der Waals surface area contributed by atoms with Gasteiger partial charge in [-0.05, 0) is 31.4 Å². The summed E-state index contributed by atoms with van der Waals surface area (Å²) in [4.78, 5) is 17.9. The number of halogens is 3. The zero-order valence-corrected chi connectivity index (χ0v) is 13.2. The molecule has 1 fully saturated rings. The topological polar surface area (TPSA) is 51.0 Å². The summed E-state index contributed by atoms with van der Waals surface area (Å²) in [5.74, 6) is -1.22. The number of amides is 1. The van der Waals surface area contributed by atoms with Crippen molar-refractivity contribution in [2.45, 2.75) is 25.4 Å². The number of nitrogens with zero attached hydrogens (tertiary/aromatic N) is 4. The lowest BCUT2D eigenvalue weighted by Gasteiger charge is -2.26. The lowest BCUT2D eigenvalue weighted by molar-refractivity contribution is -0.147. The molecule has 2 aromatic rings. The highest BCUT2D eigenvalue weighted by molar-refractivity contribution is 5.95. The fraction of sp³-hybridized carbons (Fsp3) is 0.438. The van der Waals surface area contributed by atoms with Gasteiger partial charge in [0.15, 0.2) is 5.82 Å². The van der Waals surface area contributed by atoms with E-state index in [0.717, 1.165) is 19.3 Å². The summed E-state index contributed by atoms with van der Waals surface area (Å²) in [5, 5.41) is 3.82. The normalized spacial score (nSPS) is 15.6. The molecule has 3 rings (SSSR count). The fourth-order valence-electron chi connectivity index (χ4n) is 2.82. The number of hydrogen-bond acceptors (Lipinski definition) is 3. The van der Waals surface area contributed by atoms with E-state index in [1.165, 1.54) is 7.05 Å². The zero-order valence-electron chi connectivity index (χ0n) is 13.2. The summed E-state index contributed by atoms with van der Waals surface area (Å²) in [5.41, 5.74) is 0.833. The molecule has 0 unspecified atom stereocenters. The van der Waals surface area contributed by atoms with Crippen LogP contribution >= 0.6 is 0 Å². The van der Waals surface area contributed by atoms with E-state index in [9.17, 15) is 18.0 Å². The number of likely N-dealkylation sites (tertiary alicyclic amines) is 1. The van der Waals surface area contributed by atoms with E-state index < -0.39 is 12.0 Å². The van der Waals surface area contributed by atoms with Crippen molar-refractivity contribution in [3.63, 3.8) is 0 Å². The van der Waals surface area contributed by atoms with Crippen molar-refractivity contribution in [1.29, 1.82) is 0 Å². The van der Waals surface area contributed by atoms with Gasteiger partial charge >= 0.3 is 6.18 Å². The Balaban J connectivity index is 1.89. The van der Waals surface area contributed by atoms with Gasteiger partial charge in [-0.25, -0.2) is 9.67 Å². The lowest BCUT2D eigenvalue weighted by atomic mass is 10.1. The molecule has 0 atom stereocenters. The summed E-state index contributed by atoms with van der Waals surface area (Å²) in [6.45, 7) is 1.42. The van der Waals surface area contributed by atoms with Gasteiger partial charge < -0.3 is 4.90 Å². The Morgan fingerprint density at radius 2 is 1.88 bits per heavy atom. The zero-order chi connectivity index (χ0) is 17.3. The molecule has 24 heavy (non-hydrogen) atoms. The van der Waals surface area contributed by atoms with Gasteiger partial charge in [-0.2, -0.15) is 18.3 Å². The predicted molar refractivity (Wildman–Crippen MR) is 81.2 cm³/mol. The van der Waals surface area contributed by atoms with Gasteiger partial charge in [-0.1, -0.05) is 12.1 Å². The Bertz CT molecular complexity index is 748. The van der Waals surface area contributed by atoms with Crippen LogP contribution in [-0.2, 0) is 13.2 Å². The molecule has 2 heterocycles. The average Bonchev–Trinajstić information content (AvgIpc) is 2.97. The van der Waals surface area contributed by atoms with Gasteiger partial charge in [0.25, 0.3) is 5.91 Å². The molecule has 0 aliphatic carbocycles. The SMILES string of the molecule is Cn1nc(-c2cccc(C(=O)N3CCCCC3)c2)nc1C(F)(F)F. The maximum Gasteiger partial charge on any atom is 0.451 e. The minimum atomic E-state index is -4.57. The van der Waals surface area contributed by atoms with Crippen LogP contribution in [0, 0.1) is 0 Å². The molecule has 0 N–H and O–H groups in total. The number of benzene rings is 1. The Hall–Kier alpha value is -2.38. The van der Waals surface area contributed by atoms with Crippen molar-refractivity contribution in [1.82, 2.24) is 19.7 Å². The van der Waals surface area contributed by atoms with Crippen molar-refractivity contribution in [3.05, 3.63) is 35.7 Å². The third-order valence-corrected chi connectivity index (χ3v) is 4.03. The maximum atomic E-state index is 12.8. The minimum Gasteiger partial charge on any atom is -0.339 e. The van der Waals surface area contributed by atoms with Gasteiger partial charge in [0, 0.05) is 31.3 Å². The van der Waals surface area contributed by atoms with Gasteiger partial charge in [-0.15, -0.1) is 0 Å². The first kappa shape index (κ1) is 16.5. The fourth-order valence-corrected chi connectivity index (χ4v) is 2.82. The molecule has 1 amide bonds. The number of aromatic nitrogens is 3. The number of piperidine rings is 1. The van der Waals surface area contributed by atoms with Crippen LogP contribution in [0.2, 0.25) is 0 Å². The van der Waals surface area contributed by atoms with E-state index in [0.29, 0.717) is 28.9 Å². The number of alkyl halides is 3. The summed E-state index contributed by atoms with van der Waals surface area (Å²) in [7, 11) is 1.20. The monoisotopic (exact) mass is 338 g/mol. The molecular formula is C16H17F3N4O. The summed E-state index contributed by atoms with van der Waals surface area (Å²) in [6, 6.07) is 6.44. The summed E-state index contributed by atoms with van der Waals surface area (Å²) < 4.78 is 39.2. The Labute approximate surface area is 137 Å². The van der Waals surface area contributed by atoms with Crippen molar-refractivity contribution in [2.24, 2.45) is 7.05 Å². The minimum absolute atomic E-state index is 0.0434. The van der Waals surface area contributed by atoms with Gasteiger partial charge in [0.2, 0.25) is 5.82 Å². The first-order chi connectivity index (χ1) is 11.4. The van der Waals surface area contributed by atoms with Crippen LogP contribution in [0.25, 0.3) is 11.4 Å². The molecule has 128 valence electrons. The second-order valence-electron chi connectivity index (χ2n) is 5.81. The van der Waals surface area contributed by atoms with Gasteiger partial charge in [0.05, 0.1) is 0 Å². The Kier molecular flexibility index (Phi) is 4.29. The smallest absolute Gasteiger partial charge is 0.339 e. The van der Waals surface area contributed by atoms with Gasteiger partial charge in [0.1, 0.15) is 0 Å². The highest BCUT2D eigenvalue weighted by Gasteiger charge is 2.37. The first-order valence-corrected chi connectivity index (χ1v) is 7.74. The van der Waals surface area contributed by atoms with E-state index >= 15 is 0 Å². The average molecular weight is 338 g/mol. The van der Waals surface area contributed by atoms with Crippen LogP contribution in [0.4, 0.5) is 13.2 Å². The highest BCUT2D eigenvalue weighted by atomic mass is 19.4. The third-order valence-electron chi connectivity index (χ3n) is 4.03. The molecule has 1 saturated heterocycles. The second-order valence-corrected chi connectivity index (χ2v) is 5.81. The molecule has 1 aromatic heterocycles. The second kappa shape index (κ2) is 6.26. The Morgan fingerprint density at radius 3 is 2.50 bits per heavy atom. The van der Waals surface area contributed by atoms with E-state index in [-0.39, 0.29) is 11.7 Å². The molecular weight excluding hydrogens is 321 g/mol. The number of carbonyl (C=O) groups is 1. The molecule has 0 bridgehead atoms. The molecule has 8 heteroatoms. The molecule has 0 spiro atoms. The molecule has 0 radical (unpaired) electrons. The van der Waals surface area contributed by atoms with Crippen LogP contribution in [0.5, 0.6) is 0 Å². The molecule has 1 aliphatic heterocycles.